The fraction of sp³-hybridized carbons (Fsp3) is 0.667. The van der Waals surface area contributed by atoms with Crippen LogP contribution in [0.3, 0.4) is 0 Å². The number of nitrogens with one attached hydrogen (secondary N) is 2. The highest BCUT2D eigenvalue weighted by Gasteiger charge is 2.65. The van der Waals surface area contributed by atoms with Gasteiger partial charge in [-0.15, -0.1) is 0 Å². The molecule has 2 saturated heterocycles. The maximum absolute atomic E-state index is 11.6. The third-order valence-electron chi connectivity index (χ3n) is 5.17. The van der Waals surface area contributed by atoms with E-state index in [-0.39, 0.29) is 59.1 Å². The molecule has 0 aromatic rings. The Balaban J connectivity index is 1.65. The first-order chi connectivity index (χ1) is 8.58. The molecule has 6 heteroatoms. The summed E-state index contributed by atoms with van der Waals surface area (Å²) in [5, 5.41) is 4.71. The maximum Gasteiger partial charge on any atom is 0.230 e. The van der Waals surface area contributed by atoms with Crippen LogP contribution in [-0.2, 0) is 19.2 Å². The minimum Gasteiger partial charge on any atom is -0.296 e. The van der Waals surface area contributed by atoms with Crippen LogP contribution < -0.4 is 10.6 Å². The summed E-state index contributed by atoms with van der Waals surface area (Å²) in [6.07, 6.45) is 1.13. The molecular formula is C12H12N2O4. The third kappa shape index (κ3) is 0.996. The van der Waals surface area contributed by atoms with Crippen LogP contribution >= 0.6 is 0 Å². The molecule has 0 aromatic carbocycles. The third-order valence-corrected chi connectivity index (χ3v) is 5.17. The molecule has 6 atom stereocenters. The van der Waals surface area contributed by atoms with Crippen molar-refractivity contribution in [2.45, 2.75) is 12.8 Å². The zero-order valence-electron chi connectivity index (χ0n) is 9.51. The van der Waals surface area contributed by atoms with Crippen molar-refractivity contribution in [3.8, 4) is 0 Å². The van der Waals surface area contributed by atoms with Gasteiger partial charge in [0.15, 0.2) is 0 Å². The van der Waals surface area contributed by atoms with Gasteiger partial charge in [-0.3, -0.25) is 29.8 Å². The van der Waals surface area contributed by atoms with Gasteiger partial charge in [0, 0.05) is 0 Å². The molecule has 4 amide bonds. The topological polar surface area (TPSA) is 92.3 Å². The second-order valence-corrected chi connectivity index (χ2v) is 5.77. The first kappa shape index (κ1) is 10.2. The number of hydrogen-bond donors (Lipinski definition) is 2. The molecule has 4 fully saturated rings. The maximum atomic E-state index is 11.6. The first-order valence-corrected chi connectivity index (χ1v) is 6.27. The largest absolute Gasteiger partial charge is 0.296 e. The number of rotatable bonds is 0. The zero-order valence-corrected chi connectivity index (χ0v) is 9.51. The number of hydrogen-bond acceptors (Lipinski definition) is 4. The lowest BCUT2D eigenvalue weighted by Gasteiger charge is -2.51. The van der Waals surface area contributed by atoms with Gasteiger partial charge in [0.05, 0.1) is 23.7 Å². The molecule has 2 heterocycles. The summed E-state index contributed by atoms with van der Waals surface area (Å²) in [6, 6.07) is 0. The van der Waals surface area contributed by atoms with Crippen LogP contribution in [0.1, 0.15) is 12.8 Å². The van der Waals surface area contributed by atoms with Gasteiger partial charge in [-0.1, -0.05) is 0 Å². The number of fused-ring (bicyclic) bond motifs is 5. The molecule has 2 aliphatic carbocycles. The van der Waals surface area contributed by atoms with Gasteiger partial charge in [0.2, 0.25) is 23.6 Å². The Morgan fingerprint density at radius 2 is 1.06 bits per heavy atom. The number of amides is 4. The van der Waals surface area contributed by atoms with Crippen molar-refractivity contribution in [3.63, 3.8) is 0 Å². The molecule has 0 spiro atoms. The van der Waals surface area contributed by atoms with E-state index in [4.69, 9.17) is 0 Å². The van der Waals surface area contributed by atoms with E-state index in [9.17, 15) is 19.2 Å². The van der Waals surface area contributed by atoms with Crippen LogP contribution in [0.2, 0.25) is 0 Å². The first-order valence-electron chi connectivity index (χ1n) is 6.27. The molecule has 6 nitrogen and oxygen atoms in total. The van der Waals surface area contributed by atoms with E-state index in [1.807, 2.05) is 0 Å². The average molecular weight is 248 g/mol. The summed E-state index contributed by atoms with van der Waals surface area (Å²) in [5.41, 5.74) is 0. The standard InChI is InChI=1S/C12H12N2O4/c15-9-5-1-3-4(2-6(5)10(16)13-9)8-7(3)11(17)14-12(8)18/h3-8H,1-2H2,(H,13,15,16)(H,14,17,18). The van der Waals surface area contributed by atoms with E-state index in [2.05, 4.69) is 10.6 Å². The van der Waals surface area contributed by atoms with Crippen LogP contribution in [0.5, 0.6) is 0 Å². The molecule has 0 radical (unpaired) electrons. The fourth-order valence-electron chi connectivity index (χ4n) is 4.37. The van der Waals surface area contributed by atoms with Gasteiger partial charge in [-0.2, -0.15) is 0 Å². The molecule has 4 rings (SSSR count). The van der Waals surface area contributed by atoms with Gasteiger partial charge >= 0.3 is 0 Å². The molecular weight excluding hydrogens is 236 g/mol. The monoisotopic (exact) mass is 248 g/mol. The Labute approximate surface area is 102 Å². The van der Waals surface area contributed by atoms with Crippen LogP contribution in [0, 0.1) is 35.5 Å². The van der Waals surface area contributed by atoms with E-state index >= 15 is 0 Å². The van der Waals surface area contributed by atoms with E-state index in [1.165, 1.54) is 0 Å². The van der Waals surface area contributed by atoms with E-state index in [0.29, 0.717) is 12.8 Å². The van der Waals surface area contributed by atoms with Crippen molar-refractivity contribution >= 4 is 23.6 Å². The van der Waals surface area contributed by atoms with E-state index < -0.39 is 0 Å². The fourth-order valence-corrected chi connectivity index (χ4v) is 4.37. The van der Waals surface area contributed by atoms with Crippen molar-refractivity contribution in [1.82, 2.24) is 10.6 Å². The second-order valence-electron chi connectivity index (χ2n) is 5.77. The molecule has 6 unspecified atom stereocenters. The lowest BCUT2D eigenvalue weighted by molar-refractivity contribution is -0.148. The Kier molecular flexibility index (Phi) is 1.70. The van der Waals surface area contributed by atoms with Gasteiger partial charge < -0.3 is 0 Å². The molecule has 0 bridgehead atoms. The van der Waals surface area contributed by atoms with Crippen molar-refractivity contribution in [3.05, 3.63) is 0 Å². The SMILES string of the molecule is O=C1NC(=O)C2CC3C(CC12)C1C(=O)NC(=O)C31. The second kappa shape index (κ2) is 2.99. The summed E-state index contributed by atoms with van der Waals surface area (Å²) in [6.45, 7) is 0. The van der Waals surface area contributed by atoms with Crippen molar-refractivity contribution < 1.29 is 19.2 Å². The molecule has 0 aromatic heterocycles. The minimum absolute atomic E-state index is 0.0966. The highest BCUT2D eigenvalue weighted by molar-refractivity contribution is 6.08. The lowest BCUT2D eigenvalue weighted by atomic mass is 9.49. The Morgan fingerprint density at radius 1 is 0.667 bits per heavy atom. The average Bonchev–Trinajstić information content (AvgIpc) is 2.68. The zero-order chi connectivity index (χ0) is 12.6. The quantitative estimate of drug-likeness (QED) is 0.527. The van der Waals surface area contributed by atoms with Crippen LogP contribution in [0.4, 0.5) is 0 Å². The predicted octanol–water partition coefficient (Wildman–Crippen LogP) is -1.20. The molecule has 18 heavy (non-hydrogen) atoms. The van der Waals surface area contributed by atoms with Crippen molar-refractivity contribution in [1.29, 1.82) is 0 Å². The summed E-state index contributed by atoms with van der Waals surface area (Å²) in [5.74, 6) is -1.72. The predicted molar refractivity (Wildman–Crippen MR) is 56.5 cm³/mol. The van der Waals surface area contributed by atoms with Crippen molar-refractivity contribution in [2.24, 2.45) is 35.5 Å². The molecule has 2 N–H and O–H groups in total. The van der Waals surface area contributed by atoms with Crippen LogP contribution in [0.15, 0.2) is 0 Å². The molecule has 94 valence electrons. The van der Waals surface area contributed by atoms with Crippen LogP contribution in [0.25, 0.3) is 0 Å². The number of imide groups is 2. The van der Waals surface area contributed by atoms with E-state index in [0.717, 1.165) is 0 Å². The highest BCUT2D eigenvalue weighted by atomic mass is 16.2. The number of carbonyl (C=O) groups is 4. The minimum atomic E-state index is -0.289. The summed E-state index contributed by atoms with van der Waals surface area (Å²) in [4.78, 5) is 46.5. The summed E-state index contributed by atoms with van der Waals surface area (Å²) >= 11 is 0. The summed E-state index contributed by atoms with van der Waals surface area (Å²) in [7, 11) is 0. The Morgan fingerprint density at radius 3 is 1.50 bits per heavy atom. The Hall–Kier alpha value is -1.72. The molecule has 2 aliphatic heterocycles. The number of carbonyl (C=O) groups excluding carboxylic acids is 4. The van der Waals surface area contributed by atoms with E-state index in [1.54, 1.807) is 0 Å². The normalized spacial score (nSPS) is 48.9. The Bertz CT molecular complexity index is 440. The smallest absolute Gasteiger partial charge is 0.230 e. The van der Waals surface area contributed by atoms with Gasteiger partial charge in [-0.25, -0.2) is 0 Å². The summed E-state index contributed by atoms with van der Waals surface area (Å²) < 4.78 is 0. The van der Waals surface area contributed by atoms with Gasteiger partial charge in [-0.05, 0) is 24.7 Å². The van der Waals surface area contributed by atoms with Gasteiger partial charge in [0.1, 0.15) is 0 Å². The van der Waals surface area contributed by atoms with Crippen molar-refractivity contribution in [2.75, 3.05) is 0 Å². The lowest BCUT2D eigenvalue weighted by Crippen LogP contribution is -2.53. The molecule has 2 saturated carbocycles. The van der Waals surface area contributed by atoms with Gasteiger partial charge in [0.25, 0.3) is 0 Å². The molecule has 4 aliphatic rings. The van der Waals surface area contributed by atoms with Crippen LogP contribution in [-0.4, -0.2) is 23.6 Å². The highest BCUT2D eigenvalue weighted by Crippen LogP contribution is 2.59.